The van der Waals surface area contributed by atoms with Crippen LogP contribution in [0.1, 0.15) is 34.5 Å². The number of aryl methyl sites for hydroxylation is 1. The largest absolute Gasteiger partial charge is 0.358 e. The first-order chi connectivity index (χ1) is 13.6. The maximum atomic E-state index is 13.6. The average molecular weight is 379 g/mol. The predicted molar refractivity (Wildman–Crippen MR) is 110 cm³/mol. The van der Waals surface area contributed by atoms with E-state index in [0.29, 0.717) is 10.9 Å². The minimum atomic E-state index is -0.327. The van der Waals surface area contributed by atoms with Gasteiger partial charge in [0.25, 0.3) is 5.91 Å². The second-order valence-corrected chi connectivity index (χ2v) is 7.64. The highest BCUT2D eigenvalue weighted by atomic mass is 19.1. The molecule has 0 radical (unpaired) electrons. The highest BCUT2D eigenvalue weighted by Gasteiger charge is 2.23. The number of carbonyl (C=O) groups excluding carboxylic acids is 1. The Bertz CT molecular complexity index is 959. The molecule has 2 heterocycles. The molecule has 1 fully saturated rings. The SMILES string of the molecule is Cc1[nH]c2ccc(F)cc2c1C(=O)NC1CCN(CCc2ccccc2)CC1. The van der Waals surface area contributed by atoms with Gasteiger partial charge >= 0.3 is 0 Å². The topological polar surface area (TPSA) is 48.1 Å². The molecule has 146 valence electrons. The molecule has 1 saturated heterocycles. The zero-order valence-electron chi connectivity index (χ0n) is 16.2. The summed E-state index contributed by atoms with van der Waals surface area (Å²) >= 11 is 0. The number of benzene rings is 2. The van der Waals surface area contributed by atoms with E-state index < -0.39 is 0 Å². The van der Waals surface area contributed by atoms with Crippen molar-refractivity contribution in [3.8, 4) is 0 Å². The van der Waals surface area contributed by atoms with E-state index in [9.17, 15) is 9.18 Å². The lowest BCUT2D eigenvalue weighted by molar-refractivity contribution is 0.0912. The fraction of sp³-hybridized carbons (Fsp3) is 0.348. The van der Waals surface area contributed by atoms with Crippen LogP contribution >= 0.6 is 0 Å². The molecule has 2 aromatic carbocycles. The highest BCUT2D eigenvalue weighted by molar-refractivity contribution is 6.08. The first-order valence-electron chi connectivity index (χ1n) is 9.95. The zero-order valence-corrected chi connectivity index (χ0v) is 16.2. The summed E-state index contributed by atoms with van der Waals surface area (Å²) in [6.45, 7) is 4.88. The van der Waals surface area contributed by atoms with E-state index in [1.165, 1.54) is 17.7 Å². The number of halogens is 1. The number of amides is 1. The van der Waals surface area contributed by atoms with Crippen LogP contribution in [-0.2, 0) is 6.42 Å². The Hall–Kier alpha value is -2.66. The van der Waals surface area contributed by atoms with Crippen LogP contribution in [-0.4, -0.2) is 41.5 Å². The van der Waals surface area contributed by atoms with Crippen LogP contribution in [0.4, 0.5) is 4.39 Å². The molecule has 0 saturated carbocycles. The van der Waals surface area contributed by atoms with Crippen LogP contribution in [0.3, 0.4) is 0 Å². The summed E-state index contributed by atoms with van der Waals surface area (Å²) in [4.78, 5) is 18.5. The monoisotopic (exact) mass is 379 g/mol. The number of piperidine rings is 1. The zero-order chi connectivity index (χ0) is 19.5. The van der Waals surface area contributed by atoms with Crippen molar-refractivity contribution in [2.45, 2.75) is 32.2 Å². The molecule has 0 aliphatic carbocycles. The Labute approximate surface area is 164 Å². The Kier molecular flexibility index (Phi) is 5.44. The Balaban J connectivity index is 1.33. The minimum absolute atomic E-state index is 0.114. The number of nitrogens with one attached hydrogen (secondary N) is 2. The van der Waals surface area contributed by atoms with Crippen molar-refractivity contribution in [2.75, 3.05) is 19.6 Å². The van der Waals surface area contributed by atoms with Crippen molar-refractivity contribution in [3.63, 3.8) is 0 Å². The molecule has 0 spiro atoms. The summed E-state index contributed by atoms with van der Waals surface area (Å²) in [5.41, 5.74) is 3.49. The van der Waals surface area contributed by atoms with Gasteiger partial charge in [0.1, 0.15) is 5.82 Å². The molecule has 1 aromatic heterocycles. The van der Waals surface area contributed by atoms with Gasteiger partial charge in [-0.25, -0.2) is 4.39 Å². The minimum Gasteiger partial charge on any atom is -0.358 e. The lowest BCUT2D eigenvalue weighted by atomic mass is 10.0. The van der Waals surface area contributed by atoms with Crippen molar-refractivity contribution in [1.29, 1.82) is 0 Å². The summed E-state index contributed by atoms with van der Waals surface area (Å²) in [5.74, 6) is -0.440. The third-order valence-electron chi connectivity index (χ3n) is 5.66. The van der Waals surface area contributed by atoms with Gasteiger partial charge in [-0.15, -0.1) is 0 Å². The van der Waals surface area contributed by atoms with Crippen molar-refractivity contribution in [3.05, 3.63) is 71.2 Å². The number of hydrogen-bond donors (Lipinski definition) is 2. The number of carbonyl (C=O) groups is 1. The third kappa shape index (κ3) is 4.09. The summed E-state index contributed by atoms with van der Waals surface area (Å²) < 4.78 is 13.6. The lowest BCUT2D eigenvalue weighted by Crippen LogP contribution is -2.45. The molecule has 0 atom stereocenters. The van der Waals surface area contributed by atoms with Gasteiger partial charge in [0.2, 0.25) is 0 Å². The molecule has 1 aliphatic heterocycles. The number of fused-ring (bicyclic) bond motifs is 1. The molecule has 2 N–H and O–H groups in total. The maximum Gasteiger partial charge on any atom is 0.253 e. The fourth-order valence-corrected chi connectivity index (χ4v) is 4.08. The number of rotatable bonds is 5. The first-order valence-corrected chi connectivity index (χ1v) is 9.95. The molecule has 0 unspecified atom stereocenters. The molecule has 5 heteroatoms. The number of H-pyrrole nitrogens is 1. The number of likely N-dealkylation sites (tertiary alicyclic amines) is 1. The van der Waals surface area contributed by atoms with Crippen LogP contribution in [0.5, 0.6) is 0 Å². The van der Waals surface area contributed by atoms with Crippen LogP contribution in [0.2, 0.25) is 0 Å². The van der Waals surface area contributed by atoms with Gasteiger partial charge in [-0.1, -0.05) is 30.3 Å². The number of hydrogen-bond acceptors (Lipinski definition) is 2. The van der Waals surface area contributed by atoms with Crippen molar-refractivity contribution in [2.24, 2.45) is 0 Å². The van der Waals surface area contributed by atoms with Crippen molar-refractivity contribution >= 4 is 16.8 Å². The maximum absolute atomic E-state index is 13.6. The summed E-state index contributed by atoms with van der Waals surface area (Å²) in [6, 6.07) is 15.2. The van der Waals surface area contributed by atoms with Crippen LogP contribution in [0.15, 0.2) is 48.5 Å². The van der Waals surface area contributed by atoms with Crippen molar-refractivity contribution in [1.82, 2.24) is 15.2 Å². The quantitative estimate of drug-likeness (QED) is 0.703. The van der Waals surface area contributed by atoms with Gasteiger partial charge in [-0.2, -0.15) is 0 Å². The van der Waals surface area contributed by atoms with Gasteiger partial charge in [0.15, 0.2) is 0 Å². The molecule has 4 rings (SSSR count). The standard InChI is InChI=1S/C23H26FN3O/c1-16-22(20-15-18(24)7-8-21(20)25-16)23(28)26-19-10-13-27(14-11-19)12-9-17-5-3-2-4-6-17/h2-8,15,19,25H,9-14H2,1H3,(H,26,28). The summed E-state index contributed by atoms with van der Waals surface area (Å²) in [5, 5.41) is 3.81. The van der Waals surface area contributed by atoms with E-state index in [0.717, 1.165) is 50.1 Å². The molecule has 28 heavy (non-hydrogen) atoms. The normalized spacial score (nSPS) is 15.8. The summed E-state index contributed by atoms with van der Waals surface area (Å²) in [6.07, 6.45) is 2.94. The fourth-order valence-electron chi connectivity index (χ4n) is 4.08. The van der Waals surface area contributed by atoms with E-state index >= 15 is 0 Å². The molecule has 1 aliphatic rings. The Morgan fingerprint density at radius 2 is 1.93 bits per heavy atom. The number of aromatic nitrogens is 1. The molecule has 3 aromatic rings. The van der Waals surface area contributed by atoms with Gasteiger partial charge in [-0.3, -0.25) is 4.79 Å². The van der Waals surface area contributed by atoms with E-state index in [-0.39, 0.29) is 17.8 Å². The van der Waals surface area contributed by atoms with Crippen LogP contribution in [0.25, 0.3) is 10.9 Å². The van der Waals surface area contributed by atoms with E-state index in [4.69, 9.17) is 0 Å². The van der Waals surface area contributed by atoms with Gasteiger partial charge < -0.3 is 15.2 Å². The predicted octanol–water partition coefficient (Wildman–Crippen LogP) is 4.05. The van der Waals surface area contributed by atoms with E-state index in [1.807, 2.05) is 13.0 Å². The molecule has 0 bridgehead atoms. The first kappa shape index (κ1) is 18.7. The van der Waals surface area contributed by atoms with E-state index in [2.05, 4.69) is 39.5 Å². The van der Waals surface area contributed by atoms with Gasteiger partial charge in [0, 0.05) is 42.3 Å². The molecule has 4 nitrogen and oxygen atoms in total. The van der Waals surface area contributed by atoms with Gasteiger partial charge in [0.05, 0.1) is 5.56 Å². The summed E-state index contributed by atoms with van der Waals surface area (Å²) in [7, 11) is 0. The van der Waals surface area contributed by atoms with E-state index in [1.54, 1.807) is 6.07 Å². The smallest absolute Gasteiger partial charge is 0.253 e. The second kappa shape index (κ2) is 8.15. The third-order valence-corrected chi connectivity index (χ3v) is 5.66. The number of nitrogens with zero attached hydrogens (tertiary/aromatic N) is 1. The lowest BCUT2D eigenvalue weighted by Gasteiger charge is -2.32. The van der Waals surface area contributed by atoms with Crippen LogP contribution < -0.4 is 5.32 Å². The molecular weight excluding hydrogens is 353 g/mol. The number of aromatic amines is 1. The van der Waals surface area contributed by atoms with Crippen molar-refractivity contribution < 1.29 is 9.18 Å². The Morgan fingerprint density at radius 1 is 1.18 bits per heavy atom. The Morgan fingerprint density at radius 3 is 2.68 bits per heavy atom. The average Bonchev–Trinajstić information content (AvgIpc) is 3.03. The van der Waals surface area contributed by atoms with Crippen LogP contribution in [0, 0.1) is 12.7 Å². The second-order valence-electron chi connectivity index (χ2n) is 7.64. The molecule has 1 amide bonds. The molecular formula is C23H26FN3O. The highest BCUT2D eigenvalue weighted by Crippen LogP contribution is 2.23. The van der Waals surface area contributed by atoms with Gasteiger partial charge in [-0.05, 0) is 49.9 Å².